The van der Waals surface area contributed by atoms with Gasteiger partial charge >= 0.3 is 0 Å². The lowest BCUT2D eigenvalue weighted by atomic mass is 9.95. The minimum absolute atomic E-state index is 0.267. The fourth-order valence-corrected chi connectivity index (χ4v) is 3.86. The molecule has 0 radical (unpaired) electrons. The SMILES string of the molecule is CC/C=C(\C)CC/C=C(\C)CCC=C(C)C.Cc1cc(OC=O)c(C)c2c1OC(C)CC2. The van der Waals surface area contributed by atoms with Gasteiger partial charge in [-0.3, -0.25) is 4.79 Å². The van der Waals surface area contributed by atoms with Gasteiger partial charge in [-0.15, -0.1) is 0 Å². The fraction of sp³-hybridized carbons (Fsp3) is 0.552. The van der Waals surface area contributed by atoms with E-state index < -0.39 is 0 Å². The van der Waals surface area contributed by atoms with Gasteiger partial charge in [0.15, 0.2) is 0 Å². The van der Waals surface area contributed by atoms with Crippen LogP contribution in [0.3, 0.4) is 0 Å². The standard InChI is InChI=1S/C16H28.C13H16O3/c1-6-9-15(4)12-8-13-16(5)11-7-10-14(2)3;1-8-6-12(15-7-14)10(3)11-5-4-9(2)16-13(8)11/h9-10,13H,6-8,11-12H2,1-5H3;6-7,9H,4-5H2,1-3H3/b15-9+,16-13+;. The number of hydrogen-bond donors (Lipinski definition) is 0. The van der Waals surface area contributed by atoms with Gasteiger partial charge in [0, 0.05) is 5.56 Å². The topological polar surface area (TPSA) is 35.5 Å². The Balaban J connectivity index is 0.000000320. The van der Waals surface area contributed by atoms with E-state index in [-0.39, 0.29) is 6.10 Å². The number of carbonyl (C=O) groups is 1. The lowest BCUT2D eigenvalue weighted by Gasteiger charge is -2.27. The second-order valence-electron chi connectivity index (χ2n) is 9.17. The third kappa shape index (κ3) is 9.89. The zero-order valence-electron chi connectivity index (χ0n) is 21.6. The molecule has 0 fully saturated rings. The number of fused-ring (bicyclic) bond motifs is 1. The van der Waals surface area contributed by atoms with Gasteiger partial charge in [0.25, 0.3) is 6.47 Å². The van der Waals surface area contributed by atoms with Gasteiger partial charge in [-0.1, -0.05) is 41.9 Å². The van der Waals surface area contributed by atoms with E-state index >= 15 is 0 Å². The Kier molecular flexibility index (Phi) is 12.8. The fourth-order valence-electron chi connectivity index (χ4n) is 3.86. The van der Waals surface area contributed by atoms with Crippen LogP contribution in [-0.4, -0.2) is 12.6 Å². The van der Waals surface area contributed by atoms with Crippen LogP contribution in [0.25, 0.3) is 0 Å². The number of ether oxygens (including phenoxy) is 2. The summed E-state index contributed by atoms with van der Waals surface area (Å²) in [6.45, 7) is 17.5. The molecule has 178 valence electrons. The smallest absolute Gasteiger partial charge is 0.298 e. The lowest BCUT2D eigenvalue weighted by molar-refractivity contribution is -0.120. The Bertz CT molecular complexity index is 823. The van der Waals surface area contributed by atoms with Crippen molar-refractivity contribution in [3.05, 3.63) is 57.7 Å². The highest BCUT2D eigenvalue weighted by atomic mass is 16.5. The van der Waals surface area contributed by atoms with Crippen LogP contribution in [0.1, 0.15) is 96.8 Å². The maximum Gasteiger partial charge on any atom is 0.298 e. The normalized spacial score (nSPS) is 15.7. The number of carbonyl (C=O) groups excluding carboxylic acids is 1. The van der Waals surface area contributed by atoms with Crippen LogP contribution in [-0.2, 0) is 11.2 Å². The molecular weight excluding hydrogens is 396 g/mol. The molecule has 0 aliphatic carbocycles. The van der Waals surface area contributed by atoms with E-state index in [1.165, 1.54) is 48.0 Å². The molecule has 2 rings (SSSR count). The molecule has 32 heavy (non-hydrogen) atoms. The minimum Gasteiger partial charge on any atom is -0.490 e. The van der Waals surface area contributed by atoms with Gasteiger partial charge < -0.3 is 9.47 Å². The monoisotopic (exact) mass is 440 g/mol. The summed E-state index contributed by atoms with van der Waals surface area (Å²) in [6.07, 6.45) is 15.3. The van der Waals surface area contributed by atoms with Crippen molar-refractivity contribution in [2.24, 2.45) is 0 Å². The largest absolute Gasteiger partial charge is 0.490 e. The molecule has 0 saturated carbocycles. The Labute approximate surface area is 196 Å². The molecule has 1 unspecified atom stereocenters. The van der Waals surface area contributed by atoms with Gasteiger partial charge in [0.1, 0.15) is 11.5 Å². The second kappa shape index (κ2) is 14.7. The van der Waals surface area contributed by atoms with E-state index in [1.54, 1.807) is 0 Å². The Morgan fingerprint density at radius 3 is 2.28 bits per heavy atom. The van der Waals surface area contributed by atoms with Gasteiger partial charge in [0.2, 0.25) is 0 Å². The molecule has 0 spiro atoms. The van der Waals surface area contributed by atoms with Gasteiger partial charge in [0.05, 0.1) is 6.10 Å². The maximum atomic E-state index is 10.4. The number of hydrogen-bond acceptors (Lipinski definition) is 3. The van der Waals surface area contributed by atoms with E-state index in [1.807, 2.05) is 19.9 Å². The van der Waals surface area contributed by atoms with Gasteiger partial charge in [-0.25, -0.2) is 0 Å². The number of benzene rings is 1. The molecule has 1 aliphatic heterocycles. The lowest BCUT2D eigenvalue weighted by Crippen LogP contribution is -2.20. The quantitative estimate of drug-likeness (QED) is 0.286. The molecule has 3 nitrogen and oxygen atoms in total. The molecule has 0 N–H and O–H groups in total. The molecule has 1 aromatic rings. The Morgan fingerprint density at radius 2 is 1.69 bits per heavy atom. The first-order valence-electron chi connectivity index (χ1n) is 12.0. The molecular formula is C29H44O3. The number of allylic oxidation sites excluding steroid dienone is 6. The number of rotatable bonds is 9. The van der Waals surface area contributed by atoms with E-state index in [0.717, 1.165) is 36.1 Å². The van der Waals surface area contributed by atoms with Gasteiger partial charge in [-0.2, -0.15) is 0 Å². The van der Waals surface area contributed by atoms with Crippen LogP contribution in [0, 0.1) is 13.8 Å². The summed E-state index contributed by atoms with van der Waals surface area (Å²) in [5.41, 5.74) is 7.70. The van der Waals surface area contributed by atoms with Crippen molar-refractivity contribution < 1.29 is 14.3 Å². The summed E-state index contributed by atoms with van der Waals surface area (Å²) in [7, 11) is 0. The molecule has 3 heteroatoms. The van der Waals surface area contributed by atoms with Crippen LogP contribution >= 0.6 is 0 Å². The van der Waals surface area contributed by atoms with Crippen LogP contribution in [0.15, 0.2) is 41.0 Å². The zero-order valence-corrected chi connectivity index (χ0v) is 21.6. The third-order valence-corrected chi connectivity index (χ3v) is 5.77. The van der Waals surface area contributed by atoms with E-state index in [4.69, 9.17) is 9.47 Å². The minimum atomic E-state index is 0.267. The van der Waals surface area contributed by atoms with Crippen molar-refractivity contribution in [2.75, 3.05) is 0 Å². The number of aryl methyl sites for hydroxylation is 1. The molecule has 1 heterocycles. The van der Waals surface area contributed by atoms with Crippen molar-refractivity contribution in [1.82, 2.24) is 0 Å². The summed E-state index contributed by atoms with van der Waals surface area (Å²) in [4.78, 5) is 10.4. The summed E-state index contributed by atoms with van der Waals surface area (Å²) in [5.74, 6) is 1.61. The molecule has 1 aliphatic rings. The molecule has 0 bridgehead atoms. The zero-order chi connectivity index (χ0) is 24.1. The highest BCUT2D eigenvalue weighted by Gasteiger charge is 2.22. The first-order chi connectivity index (χ1) is 15.2. The van der Waals surface area contributed by atoms with Crippen molar-refractivity contribution in [3.8, 4) is 11.5 Å². The summed E-state index contributed by atoms with van der Waals surface area (Å²) < 4.78 is 10.8. The first-order valence-corrected chi connectivity index (χ1v) is 12.0. The average Bonchev–Trinajstić information content (AvgIpc) is 2.72. The van der Waals surface area contributed by atoms with Crippen LogP contribution in [0.5, 0.6) is 11.5 Å². The van der Waals surface area contributed by atoms with Crippen molar-refractivity contribution in [3.63, 3.8) is 0 Å². The van der Waals surface area contributed by atoms with E-state index in [2.05, 4.69) is 59.8 Å². The average molecular weight is 441 g/mol. The van der Waals surface area contributed by atoms with E-state index in [0.29, 0.717) is 12.2 Å². The highest BCUT2D eigenvalue weighted by molar-refractivity contribution is 5.57. The molecule has 0 saturated heterocycles. The predicted molar refractivity (Wildman–Crippen MR) is 137 cm³/mol. The summed E-state index contributed by atoms with van der Waals surface area (Å²) >= 11 is 0. The van der Waals surface area contributed by atoms with Crippen LogP contribution in [0.4, 0.5) is 0 Å². The summed E-state index contributed by atoms with van der Waals surface area (Å²) in [5, 5.41) is 0. The van der Waals surface area contributed by atoms with Crippen LogP contribution < -0.4 is 9.47 Å². The highest BCUT2D eigenvalue weighted by Crippen LogP contribution is 2.38. The molecule has 1 atom stereocenters. The molecule has 1 aromatic carbocycles. The van der Waals surface area contributed by atoms with E-state index in [9.17, 15) is 4.79 Å². The van der Waals surface area contributed by atoms with Crippen molar-refractivity contribution >= 4 is 6.47 Å². The third-order valence-electron chi connectivity index (χ3n) is 5.77. The predicted octanol–water partition coefficient (Wildman–Crippen LogP) is 8.37. The first kappa shape index (κ1) is 27.7. The second-order valence-corrected chi connectivity index (χ2v) is 9.17. The Morgan fingerprint density at radius 1 is 1.06 bits per heavy atom. The van der Waals surface area contributed by atoms with Crippen LogP contribution in [0.2, 0.25) is 0 Å². The molecule has 0 amide bonds. The summed E-state index contributed by atoms with van der Waals surface area (Å²) in [6, 6.07) is 1.86. The molecule has 0 aromatic heterocycles. The van der Waals surface area contributed by atoms with Crippen molar-refractivity contribution in [2.45, 2.75) is 106 Å². The van der Waals surface area contributed by atoms with Crippen molar-refractivity contribution in [1.29, 1.82) is 0 Å². The Hall–Kier alpha value is -2.29. The maximum absolute atomic E-state index is 10.4. The van der Waals surface area contributed by atoms with Gasteiger partial charge in [-0.05, 0) is 111 Å².